The van der Waals surface area contributed by atoms with Gasteiger partial charge in [-0.1, -0.05) is 47.0 Å². The Morgan fingerprint density at radius 3 is 2.83 bits per heavy atom. The summed E-state index contributed by atoms with van der Waals surface area (Å²) in [6.45, 7) is 3.72. The number of halogens is 1. The number of fused-ring (bicyclic) bond motifs is 1. The van der Waals surface area contributed by atoms with E-state index < -0.39 is 0 Å². The minimum absolute atomic E-state index is 0.0756. The van der Waals surface area contributed by atoms with Crippen molar-refractivity contribution < 1.29 is 9.53 Å². The summed E-state index contributed by atoms with van der Waals surface area (Å²) in [4.78, 5) is 32.5. The van der Waals surface area contributed by atoms with Crippen LogP contribution in [0.15, 0.2) is 32.6 Å². The van der Waals surface area contributed by atoms with E-state index in [1.54, 1.807) is 10.6 Å². The van der Waals surface area contributed by atoms with Crippen molar-refractivity contribution in [2.75, 3.05) is 26.0 Å². The summed E-state index contributed by atoms with van der Waals surface area (Å²) in [5.41, 5.74) is 0.577. The summed E-state index contributed by atoms with van der Waals surface area (Å²) in [7, 11) is 1.90. The van der Waals surface area contributed by atoms with Crippen molar-refractivity contribution in [3.05, 3.63) is 33.0 Å². The number of hydrogen-bond donors (Lipinski definition) is 0. The van der Waals surface area contributed by atoms with Crippen LogP contribution in [0.25, 0.3) is 10.9 Å². The van der Waals surface area contributed by atoms with E-state index in [0.29, 0.717) is 41.9 Å². The van der Waals surface area contributed by atoms with E-state index >= 15 is 0 Å². The van der Waals surface area contributed by atoms with Crippen LogP contribution in [0, 0.1) is 0 Å². The third-order valence-corrected chi connectivity index (χ3v) is 7.05. The molecule has 0 spiro atoms. The zero-order valence-electron chi connectivity index (χ0n) is 17.7. The number of amides is 1. The van der Waals surface area contributed by atoms with E-state index in [1.807, 2.05) is 31.0 Å². The molecule has 0 bridgehead atoms. The van der Waals surface area contributed by atoms with Crippen LogP contribution in [0.3, 0.4) is 0 Å². The first-order chi connectivity index (χ1) is 14.5. The molecule has 1 saturated carbocycles. The van der Waals surface area contributed by atoms with Crippen LogP contribution in [-0.4, -0.2) is 52.4 Å². The highest BCUT2D eigenvalue weighted by Crippen LogP contribution is 2.24. The molecule has 0 radical (unpaired) electrons. The van der Waals surface area contributed by atoms with Crippen molar-refractivity contribution in [3.8, 4) is 0 Å². The average molecular weight is 496 g/mol. The number of hydrogen-bond acceptors (Lipinski definition) is 5. The van der Waals surface area contributed by atoms with Gasteiger partial charge in [-0.15, -0.1) is 0 Å². The summed E-state index contributed by atoms with van der Waals surface area (Å²) in [5.74, 6) is 0.380. The monoisotopic (exact) mass is 495 g/mol. The molecule has 2 aromatic rings. The number of ether oxygens (including phenoxy) is 1. The lowest BCUT2D eigenvalue weighted by atomic mass is 9.94. The van der Waals surface area contributed by atoms with E-state index in [4.69, 9.17) is 9.72 Å². The second kappa shape index (κ2) is 11.3. The Morgan fingerprint density at radius 1 is 1.33 bits per heavy atom. The number of carbonyl (C=O) groups excluding carboxylic acids is 1. The topological polar surface area (TPSA) is 64.4 Å². The molecule has 30 heavy (non-hydrogen) atoms. The van der Waals surface area contributed by atoms with Gasteiger partial charge in [0.25, 0.3) is 5.56 Å². The number of nitrogens with zero attached hydrogens (tertiary/aromatic N) is 3. The summed E-state index contributed by atoms with van der Waals surface area (Å²) >= 11 is 4.79. The van der Waals surface area contributed by atoms with Gasteiger partial charge in [-0.3, -0.25) is 14.2 Å². The average Bonchev–Trinajstić information content (AvgIpc) is 2.77. The van der Waals surface area contributed by atoms with Gasteiger partial charge in [-0.25, -0.2) is 4.98 Å². The minimum Gasteiger partial charge on any atom is -0.382 e. The largest absolute Gasteiger partial charge is 0.382 e. The van der Waals surface area contributed by atoms with E-state index in [9.17, 15) is 9.59 Å². The molecule has 8 heteroatoms. The first kappa shape index (κ1) is 23.3. The Morgan fingerprint density at radius 2 is 2.10 bits per heavy atom. The lowest BCUT2D eigenvalue weighted by molar-refractivity contribution is -0.129. The Bertz CT molecular complexity index is 928. The fraction of sp³-hybridized carbons (Fsp3) is 0.591. The van der Waals surface area contributed by atoms with Gasteiger partial charge in [-0.05, 0) is 44.4 Å². The van der Waals surface area contributed by atoms with Crippen LogP contribution in [0.2, 0.25) is 0 Å². The molecule has 1 aromatic heterocycles. The Hall–Kier alpha value is -1.38. The van der Waals surface area contributed by atoms with Gasteiger partial charge in [0, 0.05) is 37.3 Å². The molecular formula is C22H30BrN3O3S. The maximum absolute atomic E-state index is 13.1. The van der Waals surface area contributed by atoms with E-state index in [2.05, 4.69) is 15.9 Å². The smallest absolute Gasteiger partial charge is 0.262 e. The van der Waals surface area contributed by atoms with Crippen LogP contribution in [0.5, 0.6) is 0 Å². The van der Waals surface area contributed by atoms with Gasteiger partial charge < -0.3 is 9.64 Å². The van der Waals surface area contributed by atoms with E-state index in [1.165, 1.54) is 31.0 Å². The van der Waals surface area contributed by atoms with Crippen LogP contribution in [0.4, 0.5) is 0 Å². The van der Waals surface area contributed by atoms with Crippen LogP contribution in [0.1, 0.15) is 45.4 Å². The first-order valence-electron chi connectivity index (χ1n) is 10.7. The van der Waals surface area contributed by atoms with E-state index in [0.717, 1.165) is 23.7 Å². The summed E-state index contributed by atoms with van der Waals surface area (Å²) in [6, 6.07) is 5.86. The highest BCUT2D eigenvalue weighted by molar-refractivity contribution is 9.10. The van der Waals surface area contributed by atoms with Gasteiger partial charge >= 0.3 is 0 Å². The normalized spacial score (nSPS) is 14.9. The fourth-order valence-electron chi connectivity index (χ4n) is 3.85. The van der Waals surface area contributed by atoms with Gasteiger partial charge in [0.1, 0.15) is 0 Å². The third-order valence-electron chi connectivity index (χ3n) is 5.60. The number of aromatic nitrogens is 2. The van der Waals surface area contributed by atoms with Crippen LogP contribution in [-0.2, 0) is 16.1 Å². The molecule has 1 amide bonds. The highest BCUT2D eigenvalue weighted by Gasteiger charge is 2.22. The number of thioether (sulfide) groups is 1. The Balaban J connectivity index is 1.79. The van der Waals surface area contributed by atoms with Crippen molar-refractivity contribution in [2.24, 2.45) is 0 Å². The Kier molecular flexibility index (Phi) is 8.77. The molecule has 0 unspecified atom stereocenters. The molecule has 1 fully saturated rings. The van der Waals surface area contributed by atoms with Gasteiger partial charge in [0.15, 0.2) is 5.16 Å². The standard InChI is InChI=1S/C22H30BrN3O3S/c1-3-29-13-7-12-26-21(28)18-14-16(23)10-11-19(18)24-22(26)30-15-20(27)25(2)17-8-5-4-6-9-17/h10-11,14,17H,3-9,12-13,15H2,1-2H3. The molecule has 0 saturated heterocycles. The maximum atomic E-state index is 13.1. The second-order valence-electron chi connectivity index (χ2n) is 7.65. The van der Waals surface area contributed by atoms with E-state index in [-0.39, 0.29) is 17.2 Å². The van der Waals surface area contributed by atoms with Crippen molar-refractivity contribution in [1.29, 1.82) is 0 Å². The fourth-order valence-corrected chi connectivity index (χ4v) is 5.16. The van der Waals surface area contributed by atoms with Crippen molar-refractivity contribution in [2.45, 2.75) is 63.2 Å². The SMILES string of the molecule is CCOCCCn1c(SCC(=O)N(C)C2CCCCC2)nc2ccc(Br)cc2c1=O. The van der Waals surface area contributed by atoms with Gasteiger partial charge in [0.2, 0.25) is 5.91 Å². The minimum atomic E-state index is -0.0756. The van der Waals surface area contributed by atoms with Gasteiger partial charge in [0.05, 0.1) is 16.7 Å². The summed E-state index contributed by atoms with van der Waals surface area (Å²) < 4.78 is 7.96. The molecule has 3 rings (SSSR count). The molecule has 1 aliphatic rings. The van der Waals surface area contributed by atoms with Crippen LogP contribution >= 0.6 is 27.7 Å². The van der Waals surface area contributed by atoms with Crippen LogP contribution < -0.4 is 5.56 Å². The molecule has 0 atom stereocenters. The molecule has 164 valence electrons. The molecule has 1 aromatic carbocycles. The zero-order chi connectivity index (χ0) is 21.5. The molecule has 1 aliphatic carbocycles. The van der Waals surface area contributed by atoms with Crippen molar-refractivity contribution >= 4 is 44.5 Å². The Labute approximate surface area is 190 Å². The number of carbonyl (C=O) groups is 1. The second-order valence-corrected chi connectivity index (χ2v) is 9.51. The maximum Gasteiger partial charge on any atom is 0.262 e. The molecule has 1 heterocycles. The molecule has 0 N–H and O–H groups in total. The predicted molar refractivity (Wildman–Crippen MR) is 125 cm³/mol. The summed E-state index contributed by atoms with van der Waals surface area (Å²) in [5, 5.41) is 1.17. The zero-order valence-corrected chi connectivity index (χ0v) is 20.1. The number of rotatable bonds is 9. The third kappa shape index (κ3) is 5.86. The molecule has 0 aliphatic heterocycles. The molecular weight excluding hydrogens is 466 g/mol. The first-order valence-corrected chi connectivity index (χ1v) is 12.5. The lowest BCUT2D eigenvalue weighted by Gasteiger charge is -2.31. The number of benzene rings is 1. The summed E-state index contributed by atoms with van der Waals surface area (Å²) in [6.07, 6.45) is 6.53. The van der Waals surface area contributed by atoms with Crippen molar-refractivity contribution in [3.63, 3.8) is 0 Å². The lowest BCUT2D eigenvalue weighted by Crippen LogP contribution is -2.39. The highest BCUT2D eigenvalue weighted by atomic mass is 79.9. The van der Waals surface area contributed by atoms with Crippen molar-refractivity contribution in [1.82, 2.24) is 14.5 Å². The predicted octanol–water partition coefficient (Wildman–Crippen LogP) is 4.47. The molecule has 6 nitrogen and oxygen atoms in total. The van der Waals surface area contributed by atoms with Gasteiger partial charge in [-0.2, -0.15) is 0 Å². The quantitative estimate of drug-likeness (QED) is 0.291.